The number of anilines is 1. The number of amides is 1. The Morgan fingerprint density at radius 2 is 1.70 bits per heavy atom. The molecule has 10 heteroatoms. The molecule has 4 aromatic rings. The van der Waals surface area contributed by atoms with Gasteiger partial charge in [0.2, 0.25) is 10.0 Å². The van der Waals surface area contributed by atoms with Crippen molar-refractivity contribution in [1.82, 2.24) is 19.1 Å². The summed E-state index contributed by atoms with van der Waals surface area (Å²) in [6.07, 6.45) is 3.86. The lowest BCUT2D eigenvalue weighted by atomic mass is 10.2. The van der Waals surface area contributed by atoms with Crippen LogP contribution in [-0.4, -0.2) is 53.0 Å². The highest BCUT2D eigenvalue weighted by Gasteiger charge is 2.26. The highest BCUT2D eigenvalue weighted by molar-refractivity contribution is 7.89. The number of thiazole rings is 1. The SMILES string of the molecule is Cc1cc(C)n(CCN(C(=O)c2ccc(S(=O)(=O)N3CCCCCC3)cc2)c2nc3ccccc3s2)n1. The molecule has 2 aromatic heterocycles. The molecule has 1 saturated heterocycles. The van der Waals surface area contributed by atoms with E-state index in [0.717, 1.165) is 47.3 Å². The number of benzene rings is 2. The zero-order valence-electron chi connectivity index (χ0n) is 21.1. The molecule has 0 radical (unpaired) electrons. The number of aryl methyl sites for hydroxylation is 2. The Bertz CT molecular complexity index is 1470. The minimum absolute atomic E-state index is 0.222. The van der Waals surface area contributed by atoms with Crippen molar-refractivity contribution in [3.8, 4) is 0 Å². The fraction of sp³-hybridized carbons (Fsp3) is 0.370. The van der Waals surface area contributed by atoms with Gasteiger partial charge in [-0.3, -0.25) is 14.4 Å². The Labute approximate surface area is 221 Å². The molecule has 0 unspecified atom stereocenters. The minimum Gasteiger partial charge on any atom is -0.282 e. The second-order valence-corrected chi connectivity index (χ2v) is 12.4. The van der Waals surface area contributed by atoms with Crippen LogP contribution in [0.3, 0.4) is 0 Å². The molecule has 1 fully saturated rings. The monoisotopic (exact) mass is 537 g/mol. The summed E-state index contributed by atoms with van der Waals surface area (Å²) in [5.41, 5.74) is 3.21. The van der Waals surface area contributed by atoms with Crippen LogP contribution in [0.15, 0.2) is 59.5 Å². The van der Waals surface area contributed by atoms with Crippen LogP contribution < -0.4 is 4.90 Å². The number of rotatable bonds is 7. The summed E-state index contributed by atoms with van der Waals surface area (Å²) in [5, 5.41) is 5.14. The van der Waals surface area contributed by atoms with Gasteiger partial charge in [-0.05, 0) is 69.2 Å². The summed E-state index contributed by atoms with van der Waals surface area (Å²) in [6.45, 7) is 5.92. The lowest BCUT2D eigenvalue weighted by Gasteiger charge is -2.22. The number of hydrogen-bond donors (Lipinski definition) is 0. The molecule has 194 valence electrons. The van der Waals surface area contributed by atoms with E-state index in [1.807, 2.05) is 48.9 Å². The summed E-state index contributed by atoms with van der Waals surface area (Å²) in [7, 11) is -3.58. The van der Waals surface area contributed by atoms with Crippen molar-refractivity contribution in [3.63, 3.8) is 0 Å². The first-order valence-corrected chi connectivity index (χ1v) is 14.9. The van der Waals surface area contributed by atoms with Crippen molar-refractivity contribution in [1.29, 1.82) is 0 Å². The summed E-state index contributed by atoms with van der Waals surface area (Å²) in [5.74, 6) is -0.223. The first-order valence-electron chi connectivity index (χ1n) is 12.6. The first kappa shape index (κ1) is 25.6. The first-order chi connectivity index (χ1) is 17.8. The van der Waals surface area contributed by atoms with Crippen LogP contribution in [0.4, 0.5) is 5.13 Å². The standard InChI is InChI=1S/C27H31N5O3S2/c1-20-19-21(2)32(29-20)18-17-31(27-28-24-9-5-6-10-25(24)36-27)26(33)22-11-13-23(14-12-22)37(34,35)30-15-7-3-4-8-16-30/h5-6,9-14,19H,3-4,7-8,15-18H2,1-2H3. The van der Waals surface area contributed by atoms with E-state index in [2.05, 4.69) is 5.10 Å². The van der Waals surface area contributed by atoms with Gasteiger partial charge in [-0.25, -0.2) is 13.4 Å². The van der Waals surface area contributed by atoms with Crippen LogP contribution in [0.1, 0.15) is 47.4 Å². The zero-order chi connectivity index (χ0) is 26.0. The molecule has 0 aliphatic carbocycles. The molecule has 0 saturated carbocycles. The lowest BCUT2D eigenvalue weighted by Crippen LogP contribution is -2.34. The smallest absolute Gasteiger partial charge is 0.260 e. The number of para-hydroxylation sites is 1. The van der Waals surface area contributed by atoms with Crippen molar-refractivity contribution < 1.29 is 13.2 Å². The number of fused-ring (bicyclic) bond motifs is 1. The van der Waals surface area contributed by atoms with Gasteiger partial charge in [0, 0.05) is 30.9 Å². The summed E-state index contributed by atoms with van der Waals surface area (Å²) < 4.78 is 30.8. The predicted octanol–water partition coefficient (Wildman–Crippen LogP) is 5.02. The van der Waals surface area contributed by atoms with E-state index in [-0.39, 0.29) is 10.8 Å². The molecular weight excluding hydrogens is 506 g/mol. The molecule has 5 rings (SSSR count). The minimum atomic E-state index is -3.58. The van der Waals surface area contributed by atoms with E-state index in [1.165, 1.54) is 11.3 Å². The molecular formula is C27H31N5O3S2. The maximum absolute atomic E-state index is 13.7. The molecule has 8 nitrogen and oxygen atoms in total. The number of carbonyl (C=O) groups is 1. The van der Waals surface area contributed by atoms with Crippen LogP contribution in [-0.2, 0) is 16.6 Å². The third-order valence-corrected chi connectivity index (χ3v) is 9.67. The van der Waals surface area contributed by atoms with Gasteiger partial charge in [0.15, 0.2) is 5.13 Å². The van der Waals surface area contributed by atoms with Crippen molar-refractivity contribution in [3.05, 3.63) is 71.5 Å². The largest absolute Gasteiger partial charge is 0.282 e. The van der Waals surface area contributed by atoms with Gasteiger partial charge in [0.05, 0.1) is 27.4 Å². The summed E-state index contributed by atoms with van der Waals surface area (Å²) in [6, 6.07) is 16.1. The Morgan fingerprint density at radius 3 is 2.35 bits per heavy atom. The van der Waals surface area contributed by atoms with Crippen molar-refractivity contribution in [2.45, 2.75) is 51.0 Å². The Hall–Kier alpha value is -3.08. The molecule has 37 heavy (non-hydrogen) atoms. The van der Waals surface area contributed by atoms with E-state index in [0.29, 0.717) is 36.9 Å². The van der Waals surface area contributed by atoms with Crippen molar-refractivity contribution >= 4 is 42.6 Å². The van der Waals surface area contributed by atoms with Gasteiger partial charge in [-0.1, -0.05) is 36.3 Å². The number of aromatic nitrogens is 3. The van der Waals surface area contributed by atoms with Crippen LogP contribution in [0, 0.1) is 13.8 Å². The Balaban J connectivity index is 1.42. The zero-order valence-corrected chi connectivity index (χ0v) is 22.8. The van der Waals surface area contributed by atoms with Gasteiger partial charge in [0.1, 0.15) is 0 Å². The highest BCUT2D eigenvalue weighted by Crippen LogP contribution is 2.30. The Kier molecular flexibility index (Phi) is 7.41. The summed E-state index contributed by atoms with van der Waals surface area (Å²) >= 11 is 1.46. The fourth-order valence-electron chi connectivity index (χ4n) is 4.71. The molecule has 2 aromatic carbocycles. The third-order valence-electron chi connectivity index (χ3n) is 6.70. The normalized spacial score (nSPS) is 15.1. The maximum Gasteiger partial charge on any atom is 0.260 e. The van der Waals surface area contributed by atoms with Crippen molar-refractivity contribution in [2.75, 3.05) is 24.5 Å². The number of sulfonamides is 1. The predicted molar refractivity (Wildman–Crippen MR) is 147 cm³/mol. The molecule has 1 aliphatic rings. The average molecular weight is 538 g/mol. The quantitative estimate of drug-likeness (QED) is 0.330. The van der Waals surface area contributed by atoms with Crippen LogP contribution >= 0.6 is 11.3 Å². The fourth-order valence-corrected chi connectivity index (χ4v) is 7.22. The lowest BCUT2D eigenvalue weighted by molar-refractivity contribution is 0.0985. The molecule has 0 bridgehead atoms. The number of carbonyl (C=O) groups excluding carboxylic acids is 1. The average Bonchev–Trinajstić information content (AvgIpc) is 3.33. The third kappa shape index (κ3) is 5.46. The highest BCUT2D eigenvalue weighted by atomic mass is 32.2. The number of nitrogens with zero attached hydrogens (tertiary/aromatic N) is 5. The molecule has 1 amide bonds. The van der Waals surface area contributed by atoms with Gasteiger partial charge in [-0.2, -0.15) is 9.40 Å². The maximum atomic E-state index is 13.7. The topological polar surface area (TPSA) is 88.4 Å². The second kappa shape index (κ2) is 10.7. The van der Waals surface area contributed by atoms with E-state index < -0.39 is 10.0 Å². The van der Waals surface area contributed by atoms with Gasteiger partial charge in [0.25, 0.3) is 5.91 Å². The Morgan fingerprint density at radius 1 is 1.00 bits per heavy atom. The van der Waals surface area contributed by atoms with E-state index in [4.69, 9.17) is 4.98 Å². The van der Waals surface area contributed by atoms with Gasteiger partial charge in [-0.15, -0.1) is 0 Å². The van der Waals surface area contributed by atoms with Crippen LogP contribution in [0.25, 0.3) is 10.2 Å². The van der Waals surface area contributed by atoms with E-state index in [1.54, 1.807) is 33.5 Å². The van der Waals surface area contributed by atoms with Gasteiger partial charge < -0.3 is 0 Å². The molecule has 0 spiro atoms. The van der Waals surface area contributed by atoms with E-state index >= 15 is 0 Å². The second-order valence-electron chi connectivity index (χ2n) is 9.41. The number of hydrogen-bond acceptors (Lipinski definition) is 6. The summed E-state index contributed by atoms with van der Waals surface area (Å²) in [4.78, 5) is 20.4. The molecule has 3 heterocycles. The van der Waals surface area contributed by atoms with Crippen LogP contribution in [0.2, 0.25) is 0 Å². The molecule has 0 N–H and O–H groups in total. The molecule has 0 atom stereocenters. The van der Waals surface area contributed by atoms with Crippen LogP contribution in [0.5, 0.6) is 0 Å². The van der Waals surface area contributed by atoms with Gasteiger partial charge >= 0.3 is 0 Å². The van der Waals surface area contributed by atoms with E-state index in [9.17, 15) is 13.2 Å². The molecule has 1 aliphatic heterocycles. The van der Waals surface area contributed by atoms with Crippen molar-refractivity contribution in [2.24, 2.45) is 0 Å².